The molecule has 1 atom stereocenters. The average molecular weight is 312 g/mol. The normalized spacial score (nSPS) is 26.0. The molecule has 1 unspecified atom stereocenters. The average Bonchev–Trinajstić information content (AvgIpc) is 3.30. The van der Waals surface area contributed by atoms with Crippen LogP contribution in [0.3, 0.4) is 0 Å². The summed E-state index contributed by atoms with van der Waals surface area (Å²) in [5.41, 5.74) is 2.24. The quantitative estimate of drug-likeness (QED) is 0.807. The number of aliphatic imine (C=N–C) groups is 1. The molecule has 3 aliphatic rings. The summed E-state index contributed by atoms with van der Waals surface area (Å²) in [5, 5.41) is 0. The molecule has 2 aliphatic carbocycles. The Balaban J connectivity index is 1.64. The predicted octanol–water partition coefficient (Wildman–Crippen LogP) is 4.71. The van der Waals surface area contributed by atoms with Gasteiger partial charge >= 0.3 is 0 Å². The Bertz CT molecular complexity index is 555. The van der Waals surface area contributed by atoms with Crippen LogP contribution in [-0.4, -0.2) is 23.5 Å². The third kappa shape index (κ3) is 3.15. The molecule has 0 radical (unpaired) electrons. The first kappa shape index (κ1) is 15.2. The molecule has 2 fully saturated rings. The molecule has 4 rings (SSSR count). The van der Waals surface area contributed by atoms with E-state index in [1.807, 2.05) is 0 Å². The van der Waals surface area contributed by atoms with Crippen LogP contribution in [0.2, 0.25) is 0 Å². The molecule has 0 bridgehead atoms. The molecular formula is C20H28N2O. The number of hydrogen-bond acceptors (Lipinski definition) is 3. The molecular weight excluding hydrogens is 284 g/mol. The standard InChI is InChI=1S/C20H28N2O/c1-14-13-23-20(21-14)18-12-6-11-17(22-18)19(15-7-2-3-8-15)16-9-4-5-10-16/h6,11-12,14-16,19H,2-5,7-10,13H2,1H3. The van der Waals surface area contributed by atoms with Crippen LogP contribution < -0.4 is 0 Å². The molecule has 124 valence electrons. The van der Waals surface area contributed by atoms with Gasteiger partial charge in [-0.25, -0.2) is 9.98 Å². The molecule has 23 heavy (non-hydrogen) atoms. The third-order valence-corrected chi connectivity index (χ3v) is 5.95. The summed E-state index contributed by atoms with van der Waals surface area (Å²) in [6.45, 7) is 2.78. The highest BCUT2D eigenvalue weighted by Gasteiger charge is 2.35. The second-order valence-electron chi connectivity index (χ2n) is 7.66. The highest BCUT2D eigenvalue weighted by atomic mass is 16.5. The van der Waals surface area contributed by atoms with Crippen molar-refractivity contribution in [3.63, 3.8) is 0 Å². The van der Waals surface area contributed by atoms with Gasteiger partial charge in [0.25, 0.3) is 0 Å². The molecule has 2 saturated carbocycles. The molecule has 0 spiro atoms. The van der Waals surface area contributed by atoms with Gasteiger partial charge in [0.1, 0.15) is 12.3 Å². The summed E-state index contributed by atoms with van der Waals surface area (Å²) in [4.78, 5) is 9.61. The topological polar surface area (TPSA) is 34.5 Å². The summed E-state index contributed by atoms with van der Waals surface area (Å²) in [6, 6.07) is 6.73. The van der Waals surface area contributed by atoms with Gasteiger partial charge in [-0.1, -0.05) is 31.7 Å². The molecule has 3 heteroatoms. The van der Waals surface area contributed by atoms with Gasteiger partial charge in [-0.2, -0.15) is 0 Å². The monoisotopic (exact) mass is 312 g/mol. The van der Waals surface area contributed by atoms with Crippen molar-refractivity contribution in [2.24, 2.45) is 16.8 Å². The van der Waals surface area contributed by atoms with Crippen molar-refractivity contribution < 1.29 is 4.74 Å². The van der Waals surface area contributed by atoms with Crippen LogP contribution in [0.5, 0.6) is 0 Å². The van der Waals surface area contributed by atoms with Gasteiger partial charge < -0.3 is 4.74 Å². The highest BCUT2D eigenvalue weighted by molar-refractivity contribution is 5.93. The second kappa shape index (κ2) is 6.62. The van der Waals surface area contributed by atoms with E-state index in [2.05, 4.69) is 30.1 Å². The second-order valence-corrected chi connectivity index (χ2v) is 7.66. The van der Waals surface area contributed by atoms with Crippen LogP contribution in [-0.2, 0) is 4.74 Å². The zero-order valence-electron chi connectivity index (χ0n) is 14.2. The molecule has 1 aromatic rings. The Kier molecular flexibility index (Phi) is 4.37. The Morgan fingerprint density at radius 3 is 2.22 bits per heavy atom. The van der Waals surface area contributed by atoms with Crippen LogP contribution in [0.15, 0.2) is 23.2 Å². The first-order valence-electron chi connectivity index (χ1n) is 9.49. The lowest BCUT2D eigenvalue weighted by atomic mass is 9.77. The first-order chi connectivity index (χ1) is 11.3. The highest BCUT2D eigenvalue weighted by Crippen LogP contribution is 2.46. The minimum atomic E-state index is 0.260. The van der Waals surface area contributed by atoms with Crippen LogP contribution in [0.25, 0.3) is 0 Å². The van der Waals surface area contributed by atoms with Gasteiger partial charge in [-0.15, -0.1) is 0 Å². The lowest BCUT2D eigenvalue weighted by Crippen LogP contribution is -2.20. The maximum atomic E-state index is 5.72. The van der Waals surface area contributed by atoms with E-state index in [1.54, 1.807) is 0 Å². The molecule has 1 aromatic heterocycles. The number of aromatic nitrogens is 1. The number of hydrogen-bond donors (Lipinski definition) is 0. The van der Waals surface area contributed by atoms with Gasteiger partial charge in [-0.05, 0) is 56.6 Å². The zero-order chi connectivity index (χ0) is 15.6. The molecule has 0 N–H and O–H groups in total. The Labute approximate surface area is 139 Å². The number of rotatable bonds is 4. The Hall–Kier alpha value is -1.38. The Morgan fingerprint density at radius 1 is 1.00 bits per heavy atom. The minimum absolute atomic E-state index is 0.260. The van der Waals surface area contributed by atoms with Crippen molar-refractivity contribution in [2.45, 2.75) is 70.3 Å². The van der Waals surface area contributed by atoms with E-state index >= 15 is 0 Å². The van der Waals surface area contributed by atoms with Gasteiger partial charge in [0.2, 0.25) is 5.90 Å². The van der Waals surface area contributed by atoms with Crippen molar-refractivity contribution >= 4 is 5.90 Å². The summed E-state index contributed by atoms with van der Waals surface area (Å²) in [7, 11) is 0. The van der Waals surface area contributed by atoms with Crippen molar-refractivity contribution in [1.29, 1.82) is 0 Å². The summed E-state index contributed by atoms with van der Waals surface area (Å²) < 4.78 is 5.72. The largest absolute Gasteiger partial charge is 0.474 e. The van der Waals surface area contributed by atoms with Gasteiger partial charge in [0.15, 0.2) is 0 Å². The minimum Gasteiger partial charge on any atom is -0.474 e. The van der Waals surface area contributed by atoms with Crippen molar-refractivity contribution in [2.75, 3.05) is 6.61 Å². The molecule has 0 aromatic carbocycles. The van der Waals surface area contributed by atoms with E-state index < -0.39 is 0 Å². The number of ether oxygens (including phenoxy) is 1. The SMILES string of the molecule is CC1COC(c2cccc(C(C3CCCC3)C3CCCC3)n2)=N1. The maximum Gasteiger partial charge on any atom is 0.235 e. The van der Waals surface area contributed by atoms with Crippen molar-refractivity contribution in [3.8, 4) is 0 Å². The fourth-order valence-electron chi connectivity index (χ4n) is 4.87. The molecule has 0 amide bonds. The predicted molar refractivity (Wildman–Crippen MR) is 92.8 cm³/mol. The van der Waals surface area contributed by atoms with Crippen LogP contribution in [0, 0.1) is 11.8 Å². The van der Waals surface area contributed by atoms with E-state index in [9.17, 15) is 0 Å². The van der Waals surface area contributed by atoms with E-state index in [-0.39, 0.29) is 6.04 Å². The smallest absolute Gasteiger partial charge is 0.235 e. The van der Waals surface area contributed by atoms with Gasteiger partial charge in [-0.3, -0.25) is 0 Å². The van der Waals surface area contributed by atoms with E-state index in [4.69, 9.17) is 9.72 Å². The van der Waals surface area contributed by atoms with Gasteiger partial charge in [0, 0.05) is 11.6 Å². The van der Waals surface area contributed by atoms with Crippen LogP contribution in [0.1, 0.15) is 75.6 Å². The van der Waals surface area contributed by atoms with Crippen LogP contribution in [0.4, 0.5) is 0 Å². The third-order valence-electron chi connectivity index (χ3n) is 5.95. The summed E-state index contributed by atoms with van der Waals surface area (Å²) >= 11 is 0. The number of pyridine rings is 1. The van der Waals surface area contributed by atoms with Crippen molar-refractivity contribution in [3.05, 3.63) is 29.6 Å². The molecule has 1 aliphatic heterocycles. The lowest BCUT2D eigenvalue weighted by Gasteiger charge is -2.29. The summed E-state index contributed by atoms with van der Waals surface area (Å²) in [6.07, 6.45) is 11.2. The molecule has 0 saturated heterocycles. The molecule has 3 nitrogen and oxygen atoms in total. The zero-order valence-corrected chi connectivity index (χ0v) is 14.2. The fourth-order valence-corrected chi connectivity index (χ4v) is 4.87. The van der Waals surface area contributed by atoms with E-state index in [1.165, 1.54) is 57.1 Å². The van der Waals surface area contributed by atoms with E-state index in [0.717, 1.165) is 23.4 Å². The fraction of sp³-hybridized carbons (Fsp3) is 0.700. The Morgan fingerprint density at radius 2 is 1.65 bits per heavy atom. The lowest BCUT2D eigenvalue weighted by molar-refractivity contribution is 0.308. The number of nitrogens with zero attached hydrogens (tertiary/aromatic N) is 2. The van der Waals surface area contributed by atoms with Crippen molar-refractivity contribution in [1.82, 2.24) is 4.98 Å². The van der Waals surface area contributed by atoms with E-state index in [0.29, 0.717) is 12.5 Å². The maximum absolute atomic E-state index is 5.72. The first-order valence-corrected chi connectivity index (χ1v) is 9.49. The van der Waals surface area contributed by atoms with Crippen LogP contribution >= 0.6 is 0 Å². The molecule has 2 heterocycles. The summed E-state index contributed by atoms with van der Waals surface area (Å²) in [5.74, 6) is 3.08. The van der Waals surface area contributed by atoms with Gasteiger partial charge in [0.05, 0.1) is 6.04 Å².